The molecule has 25 heavy (non-hydrogen) atoms. The van der Waals surface area contributed by atoms with Gasteiger partial charge in [-0.2, -0.15) is 0 Å². The highest BCUT2D eigenvalue weighted by Crippen LogP contribution is 2.24. The molecule has 2 aromatic rings. The summed E-state index contributed by atoms with van der Waals surface area (Å²) in [6.45, 7) is 4.29. The number of methoxy groups -OCH3 is 1. The van der Waals surface area contributed by atoms with Gasteiger partial charge in [-0.05, 0) is 19.9 Å². The van der Waals surface area contributed by atoms with E-state index in [-0.39, 0.29) is 17.9 Å². The summed E-state index contributed by atoms with van der Waals surface area (Å²) in [7, 11) is 1.55. The van der Waals surface area contributed by atoms with Crippen molar-refractivity contribution in [2.24, 2.45) is 0 Å². The highest BCUT2D eigenvalue weighted by atomic mass is 16.6. The number of carbonyl (C=O) groups excluding carboxylic acids is 1. The molecule has 0 aliphatic rings. The van der Waals surface area contributed by atoms with Crippen molar-refractivity contribution in [1.29, 1.82) is 0 Å². The van der Waals surface area contributed by atoms with Crippen LogP contribution in [0.5, 0.6) is 0 Å². The van der Waals surface area contributed by atoms with E-state index in [4.69, 9.17) is 14.0 Å². The number of nitro groups is 1. The minimum atomic E-state index is -0.677. The van der Waals surface area contributed by atoms with Crippen LogP contribution in [0.2, 0.25) is 0 Å². The zero-order chi connectivity index (χ0) is 18.4. The Morgan fingerprint density at radius 2 is 2.16 bits per heavy atom. The number of nitro benzene ring substituents is 1. The fourth-order valence-electron chi connectivity index (χ4n) is 2.18. The molecule has 0 fully saturated rings. The molecular weight excluding hydrogens is 330 g/mol. The summed E-state index contributed by atoms with van der Waals surface area (Å²) in [5.41, 5.74) is 1.63. The Balaban J connectivity index is 2.19. The number of benzene rings is 1. The van der Waals surface area contributed by atoms with Crippen LogP contribution in [0.1, 0.15) is 27.4 Å². The molecule has 1 N–H and O–H groups in total. The van der Waals surface area contributed by atoms with Crippen molar-refractivity contribution in [3.05, 3.63) is 50.9 Å². The van der Waals surface area contributed by atoms with E-state index in [0.717, 1.165) is 0 Å². The molecule has 0 amide bonds. The Bertz CT molecular complexity index is 752. The normalized spacial score (nSPS) is 10.5. The quantitative estimate of drug-likeness (QED) is 0.334. The molecule has 0 spiro atoms. The molecule has 0 radical (unpaired) electrons. The van der Waals surface area contributed by atoms with Gasteiger partial charge < -0.3 is 19.3 Å². The number of rotatable bonds is 8. The second-order valence-corrected chi connectivity index (χ2v) is 5.29. The number of nitrogens with one attached hydrogen (secondary N) is 1. The van der Waals surface area contributed by atoms with E-state index < -0.39 is 10.9 Å². The number of hydrogen-bond donors (Lipinski definition) is 1. The minimum absolute atomic E-state index is 0.0276. The number of esters is 1. The van der Waals surface area contributed by atoms with Crippen LogP contribution in [0.15, 0.2) is 22.7 Å². The largest absolute Gasteiger partial charge is 0.457 e. The van der Waals surface area contributed by atoms with Gasteiger partial charge in [-0.15, -0.1) is 0 Å². The summed E-state index contributed by atoms with van der Waals surface area (Å²) in [4.78, 5) is 22.8. The van der Waals surface area contributed by atoms with E-state index in [1.165, 1.54) is 18.2 Å². The van der Waals surface area contributed by atoms with Crippen molar-refractivity contribution >= 4 is 17.3 Å². The van der Waals surface area contributed by atoms with Gasteiger partial charge in [-0.25, -0.2) is 4.79 Å². The van der Waals surface area contributed by atoms with Crippen LogP contribution in [-0.2, 0) is 16.1 Å². The molecule has 0 aliphatic carbocycles. The second kappa shape index (κ2) is 8.25. The first-order valence-corrected chi connectivity index (χ1v) is 7.54. The molecule has 1 aromatic heterocycles. The summed E-state index contributed by atoms with van der Waals surface area (Å²) < 4.78 is 15.2. The van der Waals surface area contributed by atoms with Crippen LogP contribution < -0.4 is 5.32 Å². The maximum absolute atomic E-state index is 12.4. The van der Waals surface area contributed by atoms with Gasteiger partial charge in [0.15, 0.2) is 0 Å². The van der Waals surface area contributed by atoms with Crippen LogP contribution >= 0.6 is 0 Å². The topological polar surface area (TPSA) is 117 Å². The lowest BCUT2D eigenvalue weighted by molar-refractivity contribution is -0.384. The van der Waals surface area contributed by atoms with Gasteiger partial charge in [0, 0.05) is 31.5 Å². The SMILES string of the molecule is COCCNc1ccc([N+](=O)[O-])cc1C(=O)OCc1c(C)noc1C. The molecule has 9 nitrogen and oxygen atoms in total. The Morgan fingerprint density at radius 1 is 1.40 bits per heavy atom. The van der Waals surface area contributed by atoms with Crippen molar-refractivity contribution in [2.75, 3.05) is 25.6 Å². The van der Waals surface area contributed by atoms with Gasteiger partial charge in [0.1, 0.15) is 12.4 Å². The summed E-state index contributed by atoms with van der Waals surface area (Å²) in [5.74, 6) is -0.119. The number of hydrogen-bond acceptors (Lipinski definition) is 8. The number of aryl methyl sites for hydroxylation is 2. The monoisotopic (exact) mass is 349 g/mol. The van der Waals surface area contributed by atoms with E-state index in [2.05, 4.69) is 10.5 Å². The summed E-state index contributed by atoms with van der Waals surface area (Å²) in [6, 6.07) is 3.98. The lowest BCUT2D eigenvalue weighted by atomic mass is 10.1. The molecule has 1 aromatic carbocycles. The number of ether oxygens (including phenoxy) is 2. The van der Waals surface area contributed by atoms with E-state index >= 15 is 0 Å². The first-order chi connectivity index (χ1) is 11.9. The fourth-order valence-corrected chi connectivity index (χ4v) is 2.18. The smallest absolute Gasteiger partial charge is 0.340 e. The average molecular weight is 349 g/mol. The average Bonchev–Trinajstić information content (AvgIpc) is 2.91. The first-order valence-electron chi connectivity index (χ1n) is 7.54. The second-order valence-electron chi connectivity index (χ2n) is 5.29. The zero-order valence-electron chi connectivity index (χ0n) is 14.2. The van der Waals surface area contributed by atoms with E-state index in [9.17, 15) is 14.9 Å². The Kier molecular flexibility index (Phi) is 6.07. The summed E-state index contributed by atoms with van der Waals surface area (Å²) in [5, 5.41) is 17.8. The molecule has 0 unspecified atom stereocenters. The maximum Gasteiger partial charge on any atom is 0.340 e. The molecule has 9 heteroatoms. The van der Waals surface area contributed by atoms with Crippen molar-refractivity contribution in [2.45, 2.75) is 20.5 Å². The van der Waals surface area contributed by atoms with Crippen LogP contribution in [0.4, 0.5) is 11.4 Å². The Hall–Kier alpha value is -2.94. The summed E-state index contributed by atoms with van der Waals surface area (Å²) in [6.07, 6.45) is 0. The number of nitrogens with zero attached hydrogens (tertiary/aromatic N) is 2. The lowest BCUT2D eigenvalue weighted by Crippen LogP contribution is -2.13. The molecule has 134 valence electrons. The van der Waals surface area contributed by atoms with Crippen molar-refractivity contribution in [1.82, 2.24) is 5.16 Å². The highest BCUT2D eigenvalue weighted by Gasteiger charge is 2.19. The van der Waals surface area contributed by atoms with E-state index in [1.807, 2.05) is 0 Å². The van der Waals surface area contributed by atoms with Crippen LogP contribution in [0, 0.1) is 24.0 Å². The molecule has 0 atom stereocenters. The molecule has 0 aliphatic heterocycles. The van der Waals surface area contributed by atoms with Gasteiger partial charge in [0.2, 0.25) is 0 Å². The van der Waals surface area contributed by atoms with Crippen molar-refractivity contribution in [3.8, 4) is 0 Å². The first kappa shape index (κ1) is 18.4. The van der Waals surface area contributed by atoms with Gasteiger partial charge in [0.05, 0.1) is 28.4 Å². The van der Waals surface area contributed by atoms with Crippen LogP contribution in [0.3, 0.4) is 0 Å². The highest BCUT2D eigenvalue weighted by molar-refractivity contribution is 5.96. The molecule has 0 saturated carbocycles. The fraction of sp³-hybridized carbons (Fsp3) is 0.375. The van der Waals surface area contributed by atoms with Crippen LogP contribution in [-0.4, -0.2) is 36.3 Å². The molecular formula is C16H19N3O6. The zero-order valence-corrected chi connectivity index (χ0v) is 14.2. The third-order valence-corrected chi connectivity index (χ3v) is 3.58. The molecule has 1 heterocycles. The van der Waals surface area contributed by atoms with Crippen LogP contribution in [0.25, 0.3) is 0 Å². The number of non-ortho nitro benzene ring substituents is 1. The van der Waals surface area contributed by atoms with Crippen molar-refractivity contribution < 1.29 is 23.7 Å². The van der Waals surface area contributed by atoms with Crippen molar-refractivity contribution in [3.63, 3.8) is 0 Å². The van der Waals surface area contributed by atoms with Gasteiger partial charge in [-0.3, -0.25) is 10.1 Å². The molecule has 2 rings (SSSR count). The number of carbonyl (C=O) groups is 1. The number of aromatic nitrogens is 1. The number of anilines is 1. The third-order valence-electron chi connectivity index (χ3n) is 3.58. The third kappa shape index (κ3) is 4.54. The molecule has 0 bridgehead atoms. The lowest BCUT2D eigenvalue weighted by Gasteiger charge is -2.11. The van der Waals surface area contributed by atoms with Gasteiger partial charge >= 0.3 is 5.97 Å². The Morgan fingerprint density at radius 3 is 2.76 bits per heavy atom. The molecule has 0 saturated heterocycles. The Labute approximate surface area is 144 Å². The summed E-state index contributed by atoms with van der Waals surface area (Å²) >= 11 is 0. The predicted molar refractivity (Wildman–Crippen MR) is 88.6 cm³/mol. The van der Waals surface area contributed by atoms with E-state index in [1.54, 1.807) is 21.0 Å². The maximum atomic E-state index is 12.4. The standard InChI is InChI=1S/C16H19N3O6/c1-10-14(11(2)25-18-10)9-24-16(20)13-8-12(19(21)22)4-5-15(13)17-6-7-23-3/h4-5,8,17H,6-7,9H2,1-3H3. The van der Waals surface area contributed by atoms with E-state index in [0.29, 0.717) is 35.9 Å². The minimum Gasteiger partial charge on any atom is -0.457 e. The van der Waals surface area contributed by atoms with Gasteiger partial charge in [-0.1, -0.05) is 5.16 Å². The van der Waals surface area contributed by atoms with Gasteiger partial charge in [0.25, 0.3) is 5.69 Å². The predicted octanol–water partition coefficient (Wildman–Crippen LogP) is 2.61.